The van der Waals surface area contributed by atoms with Gasteiger partial charge in [0.25, 0.3) is 15.9 Å². The molecule has 0 saturated carbocycles. The van der Waals surface area contributed by atoms with Crippen LogP contribution in [0.25, 0.3) is 22.8 Å². The molecule has 8 nitrogen and oxygen atoms in total. The van der Waals surface area contributed by atoms with E-state index in [1.165, 1.54) is 12.1 Å². The van der Waals surface area contributed by atoms with Gasteiger partial charge in [-0.1, -0.05) is 48.5 Å². The van der Waals surface area contributed by atoms with E-state index in [9.17, 15) is 13.2 Å². The summed E-state index contributed by atoms with van der Waals surface area (Å²) in [7, 11) is -3.80. The number of oxazole rings is 1. The summed E-state index contributed by atoms with van der Waals surface area (Å²) in [5.41, 5.74) is 2.10. The highest BCUT2D eigenvalue weighted by molar-refractivity contribution is 7.90. The molecule has 2 heterocycles. The number of anilines is 1. The highest BCUT2D eigenvalue weighted by Crippen LogP contribution is 2.29. The SMILES string of the molecule is O=C(Nc1cccc(S(=O)(=O)NC2=NCCC2)c1)c1ccccc1-c1ncc(-c2ccccc2)o1. The molecule has 5 rings (SSSR count). The summed E-state index contributed by atoms with van der Waals surface area (Å²) in [5, 5.41) is 2.78. The molecule has 0 aliphatic carbocycles. The van der Waals surface area contributed by atoms with Crippen molar-refractivity contribution >= 4 is 27.5 Å². The second kappa shape index (κ2) is 9.55. The van der Waals surface area contributed by atoms with E-state index in [2.05, 4.69) is 20.0 Å². The number of amides is 1. The van der Waals surface area contributed by atoms with Gasteiger partial charge < -0.3 is 9.73 Å². The van der Waals surface area contributed by atoms with Crippen LogP contribution in [0.3, 0.4) is 0 Å². The largest absolute Gasteiger partial charge is 0.436 e. The molecule has 0 saturated heterocycles. The van der Waals surface area contributed by atoms with Crippen molar-refractivity contribution < 1.29 is 17.6 Å². The van der Waals surface area contributed by atoms with Gasteiger partial charge in [-0.15, -0.1) is 0 Å². The number of aromatic nitrogens is 1. The van der Waals surface area contributed by atoms with E-state index in [0.29, 0.717) is 47.3 Å². The van der Waals surface area contributed by atoms with E-state index in [4.69, 9.17) is 4.42 Å². The van der Waals surface area contributed by atoms with Crippen molar-refractivity contribution in [2.24, 2.45) is 4.99 Å². The van der Waals surface area contributed by atoms with Crippen molar-refractivity contribution in [2.75, 3.05) is 11.9 Å². The predicted molar refractivity (Wildman–Crippen MR) is 134 cm³/mol. The Morgan fingerprint density at radius 1 is 0.943 bits per heavy atom. The van der Waals surface area contributed by atoms with Crippen LogP contribution >= 0.6 is 0 Å². The predicted octanol–water partition coefficient (Wildman–Crippen LogP) is 4.73. The number of aliphatic imine (C=N–C) groups is 1. The van der Waals surface area contributed by atoms with Gasteiger partial charge in [0.05, 0.1) is 16.7 Å². The minimum Gasteiger partial charge on any atom is -0.436 e. The molecule has 1 aliphatic heterocycles. The third-order valence-corrected chi connectivity index (χ3v) is 6.87. The number of amidine groups is 1. The van der Waals surface area contributed by atoms with Crippen molar-refractivity contribution in [1.82, 2.24) is 9.71 Å². The van der Waals surface area contributed by atoms with Crippen molar-refractivity contribution in [1.29, 1.82) is 0 Å². The quantitative estimate of drug-likeness (QED) is 0.409. The van der Waals surface area contributed by atoms with Crippen molar-refractivity contribution in [3.05, 3.63) is 90.6 Å². The van der Waals surface area contributed by atoms with Crippen molar-refractivity contribution in [3.63, 3.8) is 0 Å². The van der Waals surface area contributed by atoms with Crippen LogP contribution in [0.4, 0.5) is 5.69 Å². The molecule has 4 aromatic rings. The molecule has 35 heavy (non-hydrogen) atoms. The van der Waals surface area contributed by atoms with Gasteiger partial charge in [-0.25, -0.2) is 13.4 Å². The van der Waals surface area contributed by atoms with Gasteiger partial charge in [0.2, 0.25) is 5.89 Å². The van der Waals surface area contributed by atoms with E-state index in [1.807, 2.05) is 30.3 Å². The Morgan fingerprint density at radius 3 is 2.54 bits per heavy atom. The maximum atomic E-state index is 13.2. The van der Waals surface area contributed by atoms with Crippen molar-refractivity contribution in [2.45, 2.75) is 17.7 Å². The molecule has 0 atom stereocenters. The number of sulfonamides is 1. The Morgan fingerprint density at radius 2 is 1.74 bits per heavy atom. The van der Waals surface area contributed by atoms with Crippen LogP contribution in [0.2, 0.25) is 0 Å². The molecular formula is C26H22N4O4S. The van der Waals surface area contributed by atoms with Crippen LogP contribution in [0.1, 0.15) is 23.2 Å². The number of benzene rings is 3. The Hall–Kier alpha value is -4.24. The zero-order chi connectivity index (χ0) is 24.3. The number of nitrogens with zero attached hydrogens (tertiary/aromatic N) is 2. The van der Waals surface area contributed by atoms with Gasteiger partial charge >= 0.3 is 0 Å². The van der Waals surface area contributed by atoms with Crippen LogP contribution in [-0.4, -0.2) is 31.7 Å². The number of carbonyl (C=O) groups is 1. The summed E-state index contributed by atoms with van der Waals surface area (Å²) in [6, 6.07) is 22.6. The summed E-state index contributed by atoms with van der Waals surface area (Å²) < 4.78 is 33.9. The zero-order valence-electron chi connectivity index (χ0n) is 18.6. The Kier molecular flexibility index (Phi) is 6.15. The maximum Gasteiger partial charge on any atom is 0.262 e. The number of hydrogen-bond donors (Lipinski definition) is 2. The lowest BCUT2D eigenvalue weighted by Crippen LogP contribution is -2.29. The van der Waals surface area contributed by atoms with Gasteiger partial charge in [0, 0.05) is 29.8 Å². The topological polar surface area (TPSA) is 114 Å². The summed E-state index contributed by atoms with van der Waals surface area (Å²) >= 11 is 0. The van der Waals surface area contributed by atoms with Gasteiger partial charge in [-0.2, -0.15) is 0 Å². The third kappa shape index (κ3) is 4.99. The highest BCUT2D eigenvalue weighted by atomic mass is 32.2. The summed E-state index contributed by atoms with van der Waals surface area (Å²) in [6.07, 6.45) is 3.04. The summed E-state index contributed by atoms with van der Waals surface area (Å²) in [6.45, 7) is 0.616. The number of carbonyl (C=O) groups excluding carboxylic acids is 1. The molecule has 1 aliphatic rings. The van der Waals surface area contributed by atoms with Gasteiger partial charge in [0.15, 0.2) is 5.76 Å². The van der Waals surface area contributed by atoms with E-state index in [1.54, 1.807) is 42.6 Å². The molecule has 0 bridgehead atoms. The Balaban J connectivity index is 1.38. The first-order valence-electron chi connectivity index (χ1n) is 11.1. The third-order valence-electron chi connectivity index (χ3n) is 5.49. The van der Waals surface area contributed by atoms with Crippen molar-refractivity contribution in [3.8, 4) is 22.8 Å². The molecule has 0 fully saturated rings. The molecule has 1 aromatic heterocycles. The Labute approximate surface area is 202 Å². The van der Waals surface area contributed by atoms with Crippen LogP contribution in [-0.2, 0) is 10.0 Å². The highest BCUT2D eigenvalue weighted by Gasteiger charge is 2.20. The fraction of sp³-hybridized carbons (Fsp3) is 0.115. The van der Waals surface area contributed by atoms with E-state index >= 15 is 0 Å². The maximum absolute atomic E-state index is 13.2. The van der Waals surface area contributed by atoms with Crippen LogP contribution < -0.4 is 10.0 Å². The first-order valence-corrected chi connectivity index (χ1v) is 12.6. The van der Waals surface area contributed by atoms with Gasteiger partial charge in [-0.05, 0) is 36.8 Å². The average molecular weight is 487 g/mol. The monoisotopic (exact) mass is 486 g/mol. The summed E-state index contributed by atoms with van der Waals surface area (Å²) in [5.74, 6) is 0.942. The molecule has 0 spiro atoms. The lowest BCUT2D eigenvalue weighted by Gasteiger charge is -2.11. The van der Waals surface area contributed by atoms with Crippen LogP contribution in [0, 0.1) is 0 Å². The number of hydrogen-bond acceptors (Lipinski definition) is 6. The fourth-order valence-corrected chi connectivity index (χ4v) is 4.91. The first-order chi connectivity index (χ1) is 17.0. The van der Waals surface area contributed by atoms with Crippen LogP contribution in [0.15, 0.2) is 99.4 Å². The molecular weight excluding hydrogens is 464 g/mol. The van der Waals surface area contributed by atoms with Gasteiger partial charge in [-0.3, -0.25) is 14.5 Å². The average Bonchev–Trinajstić information content (AvgIpc) is 3.57. The normalized spacial score (nSPS) is 13.3. The molecule has 9 heteroatoms. The second-order valence-corrected chi connectivity index (χ2v) is 9.64. The molecule has 0 unspecified atom stereocenters. The minimum absolute atomic E-state index is 0.0402. The van der Waals surface area contributed by atoms with E-state index in [-0.39, 0.29) is 4.90 Å². The summed E-state index contributed by atoms with van der Waals surface area (Å²) in [4.78, 5) is 21.7. The number of rotatable bonds is 6. The van der Waals surface area contributed by atoms with E-state index < -0.39 is 15.9 Å². The fourth-order valence-electron chi connectivity index (χ4n) is 3.78. The lowest BCUT2D eigenvalue weighted by atomic mass is 10.1. The lowest BCUT2D eigenvalue weighted by molar-refractivity contribution is 0.102. The molecule has 0 radical (unpaired) electrons. The molecule has 3 aromatic carbocycles. The van der Waals surface area contributed by atoms with E-state index in [0.717, 1.165) is 12.0 Å². The molecule has 1 amide bonds. The molecule has 176 valence electrons. The number of nitrogens with one attached hydrogen (secondary N) is 2. The smallest absolute Gasteiger partial charge is 0.262 e. The molecule has 2 N–H and O–H groups in total. The second-order valence-electron chi connectivity index (χ2n) is 7.96. The van der Waals surface area contributed by atoms with Crippen LogP contribution in [0.5, 0.6) is 0 Å². The van der Waals surface area contributed by atoms with Gasteiger partial charge in [0.1, 0.15) is 5.84 Å². The zero-order valence-corrected chi connectivity index (χ0v) is 19.5. The minimum atomic E-state index is -3.80. The first kappa shape index (κ1) is 22.5. The Bertz CT molecular complexity index is 1510. The standard InChI is InChI=1S/C26H22N4O4S/c31-25(29-19-10-6-11-20(16-19)35(32,33)30-24-14-7-15-27-24)21-12-4-5-13-22(21)26-28-17-23(34-26)18-8-2-1-3-9-18/h1-6,8-13,16-17H,7,14-15H2,(H,27,30)(H,29,31).